The van der Waals surface area contributed by atoms with Gasteiger partial charge in [-0.05, 0) is 20.4 Å². The molecule has 0 spiro atoms. The summed E-state index contributed by atoms with van der Waals surface area (Å²) in [7, 11) is -3.27. The zero-order valence-electron chi connectivity index (χ0n) is 10.4. The van der Waals surface area contributed by atoms with E-state index in [1.165, 1.54) is 0 Å². The van der Waals surface area contributed by atoms with Crippen LogP contribution >= 0.6 is 0 Å². The van der Waals surface area contributed by atoms with Gasteiger partial charge < -0.3 is 9.73 Å². The summed E-state index contributed by atoms with van der Waals surface area (Å²) >= 11 is 0. The van der Waals surface area contributed by atoms with Gasteiger partial charge in [-0.2, -0.15) is 0 Å². The maximum atomic E-state index is 11.5. The van der Waals surface area contributed by atoms with Gasteiger partial charge in [-0.3, -0.25) is 0 Å². The zero-order valence-corrected chi connectivity index (χ0v) is 11.2. The Morgan fingerprint density at radius 3 is 2.59 bits per heavy atom. The minimum absolute atomic E-state index is 0.0551. The first-order valence-corrected chi connectivity index (χ1v) is 7.21. The molecule has 98 valence electrons. The standard InChI is InChI=1S/C10H19N3O3S/c1-4-11-5-6-17(14,15)12-7-10-13-8(2)9(3)16-10/h11-12H,4-7H2,1-3H3. The average Bonchev–Trinajstić information content (AvgIpc) is 2.56. The molecule has 0 unspecified atom stereocenters. The highest BCUT2D eigenvalue weighted by molar-refractivity contribution is 7.89. The number of nitrogens with zero attached hydrogens (tertiary/aromatic N) is 1. The highest BCUT2D eigenvalue weighted by Crippen LogP contribution is 2.07. The van der Waals surface area contributed by atoms with Gasteiger partial charge in [0.25, 0.3) is 0 Å². The fraction of sp³-hybridized carbons (Fsp3) is 0.700. The highest BCUT2D eigenvalue weighted by atomic mass is 32.2. The van der Waals surface area contributed by atoms with Crippen LogP contribution in [-0.2, 0) is 16.6 Å². The summed E-state index contributed by atoms with van der Waals surface area (Å²) in [6.07, 6.45) is 0. The molecule has 6 nitrogen and oxygen atoms in total. The molecule has 0 fully saturated rings. The maximum Gasteiger partial charge on any atom is 0.213 e. The van der Waals surface area contributed by atoms with E-state index in [-0.39, 0.29) is 12.3 Å². The van der Waals surface area contributed by atoms with Crippen molar-refractivity contribution in [2.24, 2.45) is 0 Å². The third-order valence-corrected chi connectivity index (χ3v) is 3.64. The second-order valence-corrected chi connectivity index (χ2v) is 5.67. The average molecular weight is 261 g/mol. The van der Waals surface area contributed by atoms with Crippen molar-refractivity contribution in [1.29, 1.82) is 0 Å². The number of nitrogens with one attached hydrogen (secondary N) is 2. The molecule has 0 aliphatic rings. The van der Waals surface area contributed by atoms with Crippen LogP contribution in [0.1, 0.15) is 24.3 Å². The lowest BCUT2D eigenvalue weighted by Crippen LogP contribution is -2.31. The number of sulfonamides is 1. The fourth-order valence-corrected chi connectivity index (χ4v) is 2.14. The molecule has 1 aromatic heterocycles. The normalized spacial score (nSPS) is 11.9. The Labute approximate surface area is 102 Å². The van der Waals surface area contributed by atoms with Crippen molar-refractivity contribution < 1.29 is 12.8 Å². The Hall–Kier alpha value is -0.920. The summed E-state index contributed by atoms with van der Waals surface area (Å²) in [5, 5.41) is 2.96. The summed E-state index contributed by atoms with van der Waals surface area (Å²) in [4.78, 5) is 4.10. The van der Waals surface area contributed by atoms with Crippen LogP contribution in [0.5, 0.6) is 0 Å². The van der Waals surface area contributed by atoms with Crippen LogP contribution in [0.3, 0.4) is 0 Å². The van der Waals surface area contributed by atoms with Crippen molar-refractivity contribution >= 4 is 10.0 Å². The summed E-state index contributed by atoms with van der Waals surface area (Å²) in [5.41, 5.74) is 0.784. The Morgan fingerprint density at radius 1 is 1.35 bits per heavy atom. The Kier molecular flexibility index (Phi) is 5.10. The molecule has 0 amide bonds. The van der Waals surface area contributed by atoms with Crippen LogP contribution in [0.15, 0.2) is 4.42 Å². The summed E-state index contributed by atoms with van der Waals surface area (Å²) in [6.45, 7) is 6.85. The minimum atomic E-state index is -3.27. The molecule has 1 rings (SSSR count). The van der Waals surface area contributed by atoms with E-state index in [2.05, 4.69) is 15.0 Å². The Balaban J connectivity index is 2.44. The molecular weight excluding hydrogens is 242 g/mol. The zero-order chi connectivity index (χ0) is 12.9. The molecule has 0 radical (unpaired) electrons. The summed E-state index contributed by atoms with van der Waals surface area (Å²) < 4.78 is 30.8. The number of hydrogen-bond donors (Lipinski definition) is 2. The first-order chi connectivity index (χ1) is 7.94. The lowest BCUT2D eigenvalue weighted by atomic mass is 10.4. The molecule has 0 saturated heterocycles. The summed E-state index contributed by atoms with van der Waals surface area (Å²) in [5.74, 6) is 1.17. The predicted octanol–water partition coefficient (Wildman–Crippen LogP) is 0.320. The van der Waals surface area contributed by atoms with Crippen LogP contribution < -0.4 is 10.0 Å². The molecule has 1 aromatic rings. The molecule has 0 saturated carbocycles. The van der Waals surface area contributed by atoms with Crippen molar-refractivity contribution in [1.82, 2.24) is 15.0 Å². The minimum Gasteiger partial charge on any atom is -0.444 e. The summed E-state index contributed by atoms with van der Waals surface area (Å²) in [6, 6.07) is 0. The van der Waals surface area contributed by atoms with Crippen LogP contribution in [0.2, 0.25) is 0 Å². The van der Waals surface area contributed by atoms with Crippen LogP contribution in [0, 0.1) is 13.8 Å². The van der Waals surface area contributed by atoms with Gasteiger partial charge in [0.2, 0.25) is 15.9 Å². The van der Waals surface area contributed by atoms with E-state index in [1.54, 1.807) is 6.92 Å². The third-order valence-electron chi connectivity index (χ3n) is 2.31. The van der Waals surface area contributed by atoms with Crippen molar-refractivity contribution in [3.63, 3.8) is 0 Å². The molecule has 2 N–H and O–H groups in total. The lowest BCUT2D eigenvalue weighted by molar-refractivity contribution is 0.463. The number of rotatable bonds is 7. The smallest absolute Gasteiger partial charge is 0.213 e. The quantitative estimate of drug-likeness (QED) is 0.691. The molecule has 1 heterocycles. The van der Waals surface area contributed by atoms with Gasteiger partial charge in [-0.25, -0.2) is 18.1 Å². The van der Waals surface area contributed by atoms with E-state index in [0.29, 0.717) is 18.2 Å². The van der Waals surface area contributed by atoms with Gasteiger partial charge in [0.1, 0.15) is 5.76 Å². The van der Waals surface area contributed by atoms with Gasteiger partial charge >= 0.3 is 0 Å². The molecule has 0 aromatic carbocycles. The van der Waals surface area contributed by atoms with E-state index in [0.717, 1.165) is 12.2 Å². The molecule has 0 aliphatic heterocycles. The lowest BCUT2D eigenvalue weighted by Gasteiger charge is -2.04. The number of aromatic nitrogens is 1. The fourth-order valence-electron chi connectivity index (χ4n) is 1.24. The Morgan fingerprint density at radius 2 is 2.06 bits per heavy atom. The van der Waals surface area contributed by atoms with Gasteiger partial charge in [-0.1, -0.05) is 6.92 Å². The van der Waals surface area contributed by atoms with Crippen molar-refractivity contribution in [3.8, 4) is 0 Å². The van der Waals surface area contributed by atoms with E-state index in [9.17, 15) is 8.42 Å². The third kappa shape index (κ3) is 4.84. The highest BCUT2D eigenvalue weighted by Gasteiger charge is 2.12. The van der Waals surface area contributed by atoms with Gasteiger partial charge in [-0.15, -0.1) is 0 Å². The molecule has 0 bridgehead atoms. The molecule has 0 aliphatic carbocycles. The van der Waals surface area contributed by atoms with E-state index in [4.69, 9.17) is 4.42 Å². The second-order valence-electron chi connectivity index (χ2n) is 3.74. The van der Waals surface area contributed by atoms with E-state index < -0.39 is 10.0 Å². The van der Waals surface area contributed by atoms with Crippen molar-refractivity contribution in [2.75, 3.05) is 18.8 Å². The Bertz CT molecular complexity index is 434. The van der Waals surface area contributed by atoms with Gasteiger partial charge in [0.05, 0.1) is 18.0 Å². The van der Waals surface area contributed by atoms with Crippen LogP contribution in [0.25, 0.3) is 0 Å². The van der Waals surface area contributed by atoms with Gasteiger partial charge in [0, 0.05) is 6.54 Å². The van der Waals surface area contributed by atoms with Crippen molar-refractivity contribution in [3.05, 3.63) is 17.3 Å². The number of aryl methyl sites for hydroxylation is 2. The van der Waals surface area contributed by atoms with Crippen LogP contribution in [-0.4, -0.2) is 32.2 Å². The van der Waals surface area contributed by atoms with E-state index in [1.807, 2.05) is 13.8 Å². The maximum absolute atomic E-state index is 11.5. The van der Waals surface area contributed by atoms with E-state index >= 15 is 0 Å². The van der Waals surface area contributed by atoms with Crippen molar-refractivity contribution in [2.45, 2.75) is 27.3 Å². The SMILES string of the molecule is CCNCCS(=O)(=O)NCc1nc(C)c(C)o1. The first kappa shape index (κ1) is 14.1. The first-order valence-electron chi connectivity index (χ1n) is 5.55. The largest absolute Gasteiger partial charge is 0.444 e. The number of hydrogen-bond acceptors (Lipinski definition) is 5. The topological polar surface area (TPSA) is 84.2 Å². The van der Waals surface area contributed by atoms with Gasteiger partial charge in [0.15, 0.2) is 0 Å². The molecule has 7 heteroatoms. The second kappa shape index (κ2) is 6.13. The monoisotopic (exact) mass is 261 g/mol. The predicted molar refractivity (Wildman–Crippen MR) is 65.1 cm³/mol. The molecular formula is C10H19N3O3S. The molecule has 17 heavy (non-hydrogen) atoms. The molecule has 0 atom stereocenters. The number of oxazole rings is 1. The van der Waals surface area contributed by atoms with Crippen LogP contribution in [0.4, 0.5) is 0 Å².